The summed E-state index contributed by atoms with van der Waals surface area (Å²) in [5.41, 5.74) is 1.30. The number of rotatable bonds is 5. The lowest BCUT2D eigenvalue weighted by Gasteiger charge is -2.25. The first-order chi connectivity index (χ1) is 12.8. The van der Waals surface area contributed by atoms with Crippen molar-refractivity contribution in [1.82, 2.24) is 13.8 Å². The number of nitrogens with zero attached hydrogens (tertiary/aromatic N) is 3. The predicted octanol–water partition coefficient (Wildman–Crippen LogP) is 3.13. The van der Waals surface area contributed by atoms with Crippen LogP contribution in [0.25, 0.3) is 0 Å². The van der Waals surface area contributed by atoms with E-state index in [-0.39, 0.29) is 10.8 Å². The molecule has 0 N–H and O–H groups in total. The second kappa shape index (κ2) is 8.04. The third-order valence-electron chi connectivity index (χ3n) is 4.83. The van der Waals surface area contributed by atoms with Gasteiger partial charge in [0.2, 0.25) is 10.0 Å². The molecule has 0 aliphatic carbocycles. The van der Waals surface area contributed by atoms with Crippen molar-refractivity contribution in [3.8, 4) is 0 Å². The van der Waals surface area contributed by atoms with Crippen molar-refractivity contribution in [3.05, 3.63) is 52.8 Å². The summed E-state index contributed by atoms with van der Waals surface area (Å²) in [6, 6.07) is 8.76. The number of sulfonamides is 1. The lowest BCUT2D eigenvalue weighted by atomic mass is 10.2. The zero-order valence-electron chi connectivity index (χ0n) is 15.6. The molecule has 3 rings (SSSR count). The summed E-state index contributed by atoms with van der Waals surface area (Å²) in [6.45, 7) is 1.49. The number of aromatic nitrogens is 1. The molecule has 1 aromatic carbocycles. The molecule has 1 amide bonds. The third-order valence-corrected chi connectivity index (χ3v) is 6.95. The number of aryl methyl sites for hydroxylation is 1. The summed E-state index contributed by atoms with van der Waals surface area (Å²) in [7, 11) is -0.169. The quantitative estimate of drug-likeness (QED) is 0.762. The Kier molecular flexibility index (Phi) is 5.93. The van der Waals surface area contributed by atoms with Crippen LogP contribution in [0.15, 0.2) is 41.4 Å². The van der Waals surface area contributed by atoms with Gasteiger partial charge in [0.25, 0.3) is 5.91 Å². The van der Waals surface area contributed by atoms with Crippen LogP contribution >= 0.6 is 11.6 Å². The van der Waals surface area contributed by atoms with Crippen molar-refractivity contribution in [3.63, 3.8) is 0 Å². The van der Waals surface area contributed by atoms with Gasteiger partial charge in [0.15, 0.2) is 0 Å². The Hall–Kier alpha value is -1.83. The topological polar surface area (TPSA) is 62.6 Å². The lowest BCUT2D eigenvalue weighted by molar-refractivity contribution is 0.0775. The van der Waals surface area contributed by atoms with Crippen LogP contribution < -0.4 is 0 Å². The summed E-state index contributed by atoms with van der Waals surface area (Å²) in [4.78, 5) is 14.6. The Morgan fingerprint density at radius 1 is 1.15 bits per heavy atom. The number of hydrogen-bond donors (Lipinski definition) is 0. The first-order valence-electron chi connectivity index (χ1n) is 8.95. The summed E-state index contributed by atoms with van der Waals surface area (Å²) in [5.74, 6) is -0.229. The largest absolute Gasteiger partial charge is 0.345 e. The van der Waals surface area contributed by atoms with E-state index in [9.17, 15) is 13.2 Å². The number of carbonyl (C=O) groups is 1. The normalized spacial score (nSPS) is 15.7. The van der Waals surface area contributed by atoms with Gasteiger partial charge in [-0.3, -0.25) is 4.79 Å². The lowest BCUT2D eigenvalue weighted by Crippen LogP contribution is -2.35. The minimum Gasteiger partial charge on any atom is -0.345 e. The van der Waals surface area contributed by atoms with E-state index in [1.807, 2.05) is 12.1 Å². The highest BCUT2D eigenvalue weighted by Gasteiger charge is 2.29. The molecule has 1 aliphatic rings. The molecule has 0 atom stereocenters. The molecular weight excluding hydrogens is 386 g/mol. The monoisotopic (exact) mass is 409 g/mol. The molecule has 1 aromatic heterocycles. The van der Waals surface area contributed by atoms with E-state index >= 15 is 0 Å². The highest BCUT2D eigenvalue weighted by Crippen LogP contribution is 2.23. The Balaban J connectivity index is 1.78. The maximum Gasteiger partial charge on any atom is 0.270 e. The molecule has 0 bridgehead atoms. The van der Waals surface area contributed by atoms with E-state index in [1.165, 1.54) is 16.6 Å². The van der Waals surface area contributed by atoms with Crippen molar-refractivity contribution in [2.75, 3.05) is 20.1 Å². The molecular formula is C19H24ClN3O3S. The molecule has 6 nitrogen and oxygen atoms in total. The van der Waals surface area contributed by atoms with E-state index in [0.29, 0.717) is 30.4 Å². The van der Waals surface area contributed by atoms with E-state index in [4.69, 9.17) is 11.6 Å². The molecule has 146 valence electrons. The first-order valence-corrected chi connectivity index (χ1v) is 10.8. The van der Waals surface area contributed by atoms with Crippen molar-refractivity contribution in [1.29, 1.82) is 0 Å². The molecule has 8 heteroatoms. The van der Waals surface area contributed by atoms with Crippen molar-refractivity contribution < 1.29 is 13.2 Å². The summed E-state index contributed by atoms with van der Waals surface area (Å²) < 4.78 is 28.8. The summed E-state index contributed by atoms with van der Waals surface area (Å²) in [5, 5.41) is 0.641. The summed E-state index contributed by atoms with van der Waals surface area (Å²) >= 11 is 5.89. The fraction of sp³-hybridized carbons (Fsp3) is 0.421. The Morgan fingerprint density at radius 2 is 1.78 bits per heavy atom. The van der Waals surface area contributed by atoms with Gasteiger partial charge in [0.1, 0.15) is 10.6 Å². The van der Waals surface area contributed by atoms with Crippen LogP contribution in [0.5, 0.6) is 0 Å². The Labute approximate surface area is 165 Å². The molecule has 0 radical (unpaired) electrons. The minimum atomic E-state index is -3.56. The minimum absolute atomic E-state index is 0.176. The van der Waals surface area contributed by atoms with E-state index < -0.39 is 10.0 Å². The number of amides is 1. The van der Waals surface area contributed by atoms with Crippen LogP contribution in [0.4, 0.5) is 0 Å². The summed E-state index contributed by atoms with van der Waals surface area (Å²) in [6.07, 6.45) is 4.33. The van der Waals surface area contributed by atoms with Crippen LogP contribution in [-0.4, -0.2) is 48.2 Å². The smallest absolute Gasteiger partial charge is 0.270 e. The van der Waals surface area contributed by atoms with Crippen molar-refractivity contribution >= 4 is 27.5 Å². The van der Waals surface area contributed by atoms with Crippen LogP contribution in [0.3, 0.4) is 0 Å². The zero-order chi connectivity index (χ0) is 19.6. The molecule has 0 saturated carbocycles. The number of hydrogen-bond acceptors (Lipinski definition) is 3. The number of carbonyl (C=O) groups excluding carboxylic acids is 1. The Bertz CT molecular complexity index is 916. The fourth-order valence-corrected chi connectivity index (χ4v) is 4.99. The van der Waals surface area contributed by atoms with Gasteiger partial charge in [0, 0.05) is 44.9 Å². The van der Waals surface area contributed by atoms with Gasteiger partial charge >= 0.3 is 0 Å². The van der Waals surface area contributed by atoms with Gasteiger partial charge in [-0.25, -0.2) is 8.42 Å². The van der Waals surface area contributed by atoms with Crippen molar-refractivity contribution in [2.45, 2.75) is 30.7 Å². The van der Waals surface area contributed by atoms with Crippen molar-refractivity contribution in [2.24, 2.45) is 7.05 Å². The number of halogens is 1. The standard InChI is InChI=1S/C19H24ClN3O3S/c1-21-14-17(27(25,26)23-10-4-3-5-11-23)12-18(21)19(24)22(2)13-15-6-8-16(20)9-7-15/h6-9,12,14H,3-5,10-11,13H2,1-2H3. The second-order valence-electron chi connectivity index (χ2n) is 6.92. The molecule has 1 fully saturated rings. The van der Waals surface area contributed by atoms with Gasteiger partial charge in [-0.05, 0) is 36.6 Å². The molecule has 27 heavy (non-hydrogen) atoms. The van der Waals surface area contributed by atoms with Gasteiger partial charge in [-0.2, -0.15) is 4.31 Å². The molecule has 0 unspecified atom stereocenters. The van der Waals surface area contributed by atoms with Gasteiger partial charge in [0.05, 0.1) is 0 Å². The number of benzene rings is 1. The second-order valence-corrected chi connectivity index (χ2v) is 9.30. The average Bonchev–Trinajstić information content (AvgIpc) is 3.06. The maximum absolute atomic E-state index is 12.8. The fourth-order valence-electron chi connectivity index (χ4n) is 3.27. The van der Waals surface area contributed by atoms with Crippen LogP contribution in [0.1, 0.15) is 35.3 Å². The van der Waals surface area contributed by atoms with Crippen LogP contribution in [0.2, 0.25) is 5.02 Å². The first kappa shape index (κ1) is 19.9. The van der Waals surface area contributed by atoms with Gasteiger partial charge in [-0.1, -0.05) is 30.2 Å². The van der Waals surface area contributed by atoms with E-state index in [1.54, 1.807) is 35.7 Å². The van der Waals surface area contributed by atoms with E-state index in [2.05, 4.69) is 0 Å². The predicted molar refractivity (Wildman–Crippen MR) is 105 cm³/mol. The van der Waals surface area contributed by atoms with Crippen LogP contribution in [0, 0.1) is 0 Å². The van der Waals surface area contributed by atoms with Gasteiger partial charge in [-0.15, -0.1) is 0 Å². The Morgan fingerprint density at radius 3 is 2.41 bits per heavy atom. The molecule has 2 aromatic rings. The highest BCUT2D eigenvalue weighted by atomic mass is 35.5. The molecule has 1 aliphatic heterocycles. The highest BCUT2D eigenvalue weighted by molar-refractivity contribution is 7.89. The molecule has 2 heterocycles. The van der Waals surface area contributed by atoms with E-state index in [0.717, 1.165) is 24.8 Å². The van der Waals surface area contributed by atoms with Crippen LogP contribution in [-0.2, 0) is 23.6 Å². The molecule has 1 saturated heterocycles. The third kappa shape index (κ3) is 4.36. The zero-order valence-corrected chi connectivity index (χ0v) is 17.1. The maximum atomic E-state index is 12.8. The number of piperidine rings is 1. The van der Waals surface area contributed by atoms with Gasteiger partial charge < -0.3 is 9.47 Å². The molecule has 0 spiro atoms. The SMILES string of the molecule is CN(Cc1ccc(Cl)cc1)C(=O)c1cc(S(=O)(=O)N2CCCCC2)cn1C. The average molecular weight is 410 g/mol.